The molecule has 7 heteroatoms. The van der Waals surface area contributed by atoms with E-state index in [1.165, 1.54) is 0 Å². The van der Waals surface area contributed by atoms with Crippen LogP contribution in [0.5, 0.6) is 5.75 Å². The lowest BCUT2D eigenvalue weighted by Gasteiger charge is -2.36. The Morgan fingerprint density at radius 3 is 1.43 bits per heavy atom. The average molecular weight is 686 g/mol. The number of allylic oxidation sites excluding steroid dienone is 2. The van der Waals surface area contributed by atoms with Crippen molar-refractivity contribution in [2.45, 2.75) is 16.5 Å². The van der Waals surface area contributed by atoms with E-state index in [0.717, 1.165) is 16.7 Å². The first kappa shape index (κ1) is 31.5. The van der Waals surface area contributed by atoms with Crippen LogP contribution in [0.15, 0.2) is 169 Å². The molecule has 5 aromatic carbocycles. The lowest BCUT2D eigenvalue weighted by molar-refractivity contribution is -0.134. The van der Waals surface area contributed by atoms with Gasteiger partial charge in [0.15, 0.2) is 0 Å². The topological polar surface area (TPSA) is 78.9 Å². The van der Waals surface area contributed by atoms with Crippen molar-refractivity contribution in [1.82, 2.24) is 0 Å². The zero-order chi connectivity index (χ0) is 32.7. The number of halogens is 1. The average Bonchev–Trinajstić information content (AvgIpc) is 3.13. The van der Waals surface area contributed by atoms with Crippen LogP contribution in [-0.4, -0.2) is 23.7 Å². The minimum Gasteiger partial charge on any atom is -0.423 e. The van der Waals surface area contributed by atoms with E-state index in [0.29, 0.717) is 22.4 Å². The third-order valence-electron chi connectivity index (χ3n) is 7.71. The lowest BCUT2D eigenvalue weighted by atomic mass is 9.81. The van der Waals surface area contributed by atoms with Crippen molar-refractivity contribution in [3.63, 3.8) is 0 Å². The van der Waals surface area contributed by atoms with Crippen LogP contribution < -0.4 is 4.74 Å². The summed E-state index contributed by atoms with van der Waals surface area (Å²) in [6.45, 7) is 0. The number of esters is 3. The maximum absolute atomic E-state index is 13.2. The van der Waals surface area contributed by atoms with E-state index in [4.69, 9.17) is 14.2 Å². The largest absolute Gasteiger partial charge is 0.423 e. The minimum absolute atomic E-state index is 0.0585. The molecule has 0 amide bonds. The predicted octanol–water partition coefficient (Wildman–Crippen LogP) is 8.84. The number of ether oxygens (including phenoxy) is 3. The molecule has 6 rings (SSSR count). The lowest BCUT2D eigenvalue weighted by Crippen LogP contribution is -2.40. The van der Waals surface area contributed by atoms with Crippen LogP contribution in [0.3, 0.4) is 0 Å². The molecule has 1 aliphatic rings. The molecule has 0 aliphatic heterocycles. The van der Waals surface area contributed by atoms with Gasteiger partial charge in [0.25, 0.3) is 5.79 Å². The molecular formula is C40H29BrO6. The Kier molecular flexibility index (Phi) is 9.27. The first-order valence-electron chi connectivity index (χ1n) is 15.0. The molecule has 6 nitrogen and oxygen atoms in total. The molecule has 0 saturated carbocycles. The Morgan fingerprint density at radius 2 is 0.979 bits per heavy atom. The number of hydrogen-bond donors (Lipinski definition) is 0. The molecule has 0 heterocycles. The van der Waals surface area contributed by atoms with Crippen molar-refractivity contribution >= 4 is 33.8 Å². The van der Waals surface area contributed by atoms with E-state index in [2.05, 4.69) is 15.9 Å². The van der Waals surface area contributed by atoms with E-state index in [9.17, 15) is 14.4 Å². The van der Waals surface area contributed by atoms with Gasteiger partial charge in [-0.1, -0.05) is 125 Å². The van der Waals surface area contributed by atoms with Crippen LogP contribution in [0.25, 0.3) is 0 Å². The van der Waals surface area contributed by atoms with Gasteiger partial charge in [-0.15, -0.1) is 0 Å². The number of carbonyl (C=O) groups is 3. The summed E-state index contributed by atoms with van der Waals surface area (Å²) in [4.78, 5) is 39.1. The highest BCUT2D eigenvalue weighted by Crippen LogP contribution is 2.48. The molecule has 1 atom stereocenters. The van der Waals surface area contributed by atoms with Gasteiger partial charge in [-0.3, -0.25) is 0 Å². The van der Waals surface area contributed by atoms with Gasteiger partial charge in [-0.05, 0) is 65.2 Å². The normalized spacial score (nSPS) is 14.6. The monoisotopic (exact) mass is 684 g/mol. The Morgan fingerprint density at radius 1 is 0.553 bits per heavy atom. The second-order valence-electron chi connectivity index (χ2n) is 10.8. The van der Waals surface area contributed by atoms with Crippen LogP contribution in [0.2, 0.25) is 0 Å². The van der Waals surface area contributed by atoms with Gasteiger partial charge < -0.3 is 14.2 Å². The summed E-state index contributed by atoms with van der Waals surface area (Å²) in [5.74, 6) is -2.98. The van der Waals surface area contributed by atoms with Gasteiger partial charge in [0.05, 0.1) is 16.7 Å². The molecule has 0 bridgehead atoms. The van der Waals surface area contributed by atoms with E-state index >= 15 is 0 Å². The zero-order valence-electron chi connectivity index (χ0n) is 25.1. The highest BCUT2D eigenvalue weighted by atomic mass is 79.9. The van der Waals surface area contributed by atoms with Crippen molar-refractivity contribution in [3.05, 3.63) is 197 Å². The molecule has 0 aromatic heterocycles. The van der Waals surface area contributed by atoms with Crippen molar-refractivity contribution in [1.29, 1.82) is 0 Å². The van der Waals surface area contributed by atoms with Gasteiger partial charge >= 0.3 is 17.9 Å². The molecule has 1 unspecified atom stereocenters. The standard InChI is InChI=1S/C40H29BrO6/c41-40(32-19-11-4-12-20-32,33-21-23-35(24-22-33)45-36(42)29-13-5-1-6-14-29)34-25-27-39(28-26-34,46-37(43)30-15-7-2-8-16-30)47-38(44)31-17-9-3-10-18-31/h1-27H,28H2. The first-order chi connectivity index (χ1) is 22.9. The molecular weight excluding hydrogens is 656 g/mol. The summed E-state index contributed by atoms with van der Waals surface area (Å²) in [7, 11) is 0. The predicted molar refractivity (Wildman–Crippen MR) is 182 cm³/mol. The molecule has 0 saturated heterocycles. The van der Waals surface area contributed by atoms with Gasteiger partial charge in [-0.2, -0.15) is 0 Å². The summed E-state index contributed by atoms with van der Waals surface area (Å²) < 4.78 is 16.6. The molecule has 5 aromatic rings. The second kappa shape index (κ2) is 13.8. The smallest absolute Gasteiger partial charge is 0.343 e. The number of rotatable bonds is 9. The Bertz CT molecular complexity index is 1870. The van der Waals surface area contributed by atoms with Gasteiger partial charge in [0.2, 0.25) is 0 Å². The minimum atomic E-state index is -1.69. The fourth-order valence-electron chi connectivity index (χ4n) is 5.27. The van der Waals surface area contributed by atoms with Crippen LogP contribution in [0.4, 0.5) is 0 Å². The van der Waals surface area contributed by atoms with Crippen LogP contribution >= 0.6 is 15.9 Å². The van der Waals surface area contributed by atoms with Gasteiger partial charge in [0.1, 0.15) is 10.1 Å². The summed E-state index contributed by atoms with van der Waals surface area (Å²) in [6.07, 6.45) is 5.36. The van der Waals surface area contributed by atoms with Crippen molar-refractivity contribution in [3.8, 4) is 5.75 Å². The van der Waals surface area contributed by atoms with Crippen molar-refractivity contribution < 1.29 is 28.6 Å². The van der Waals surface area contributed by atoms with Crippen molar-refractivity contribution in [2.24, 2.45) is 0 Å². The summed E-state index contributed by atoms with van der Waals surface area (Å²) >= 11 is 4.05. The molecule has 0 fully saturated rings. The molecule has 47 heavy (non-hydrogen) atoms. The Labute approximate surface area is 281 Å². The molecule has 0 spiro atoms. The number of carbonyl (C=O) groups excluding carboxylic acids is 3. The molecule has 0 radical (unpaired) electrons. The van der Waals surface area contributed by atoms with Crippen LogP contribution in [0.1, 0.15) is 48.6 Å². The van der Waals surface area contributed by atoms with Gasteiger partial charge in [0, 0.05) is 12.5 Å². The highest BCUT2D eigenvalue weighted by molar-refractivity contribution is 9.10. The third-order valence-corrected chi connectivity index (χ3v) is 9.09. The second-order valence-corrected chi connectivity index (χ2v) is 12.0. The van der Waals surface area contributed by atoms with Crippen LogP contribution in [0, 0.1) is 0 Å². The summed E-state index contributed by atoms with van der Waals surface area (Å²) in [6, 6.07) is 43.0. The fourth-order valence-corrected chi connectivity index (χ4v) is 6.10. The number of alkyl halides is 1. The maximum atomic E-state index is 13.2. The van der Waals surface area contributed by atoms with Crippen LogP contribution in [-0.2, 0) is 13.8 Å². The summed E-state index contributed by atoms with van der Waals surface area (Å²) in [5, 5.41) is 0. The molecule has 1 aliphatic carbocycles. The fraction of sp³-hybridized carbons (Fsp3) is 0.0750. The van der Waals surface area contributed by atoms with E-state index in [-0.39, 0.29) is 6.42 Å². The Balaban J connectivity index is 1.32. The first-order valence-corrected chi connectivity index (χ1v) is 15.7. The highest BCUT2D eigenvalue weighted by Gasteiger charge is 2.42. The number of benzene rings is 5. The molecule has 0 N–H and O–H groups in total. The van der Waals surface area contributed by atoms with Gasteiger partial charge in [-0.25, -0.2) is 14.4 Å². The number of hydrogen-bond acceptors (Lipinski definition) is 6. The molecule has 232 valence electrons. The van der Waals surface area contributed by atoms with E-state index in [1.54, 1.807) is 109 Å². The van der Waals surface area contributed by atoms with E-state index in [1.807, 2.05) is 54.6 Å². The van der Waals surface area contributed by atoms with E-state index < -0.39 is 28.0 Å². The van der Waals surface area contributed by atoms with Crippen molar-refractivity contribution in [2.75, 3.05) is 0 Å². The maximum Gasteiger partial charge on any atom is 0.343 e. The third kappa shape index (κ3) is 7.00. The SMILES string of the molecule is O=C(Oc1ccc(C(Br)(C2=CCC(OC(=O)c3ccccc3)(OC(=O)c3ccccc3)C=C2)c2ccccc2)cc1)c1ccccc1. The Hall–Kier alpha value is -5.53. The zero-order valence-corrected chi connectivity index (χ0v) is 26.7. The summed E-state index contributed by atoms with van der Waals surface area (Å²) in [5.41, 5.74) is 3.72. The quantitative estimate of drug-likeness (QED) is 0.0668.